The van der Waals surface area contributed by atoms with Crippen LogP contribution in [0.25, 0.3) is 0 Å². The molecule has 0 spiro atoms. The van der Waals surface area contributed by atoms with Crippen molar-refractivity contribution in [3.63, 3.8) is 0 Å². The molecular weight excluding hydrogens is 244 g/mol. The minimum absolute atomic E-state index is 0.267. The lowest BCUT2D eigenvalue weighted by Gasteiger charge is -2.07. The zero-order valence-corrected chi connectivity index (χ0v) is 11.4. The number of nitrogen functional groups attached to an aromatic ring is 1. The number of hydrogen-bond donors (Lipinski definition) is 2. The van der Waals surface area contributed by atoms with Crippen molar-refractivity contribution >= 4 is 17.6 Å². The van der Waals surface area contributed by atoms with Crippen LogP contribution < -0.4 is 11.1 Å². The molecule has 0 atom stereocenters. The van der Waals surface area contributed by atoms with Gasteiger partial charge in [-0.3, -0.25) is 4.79 Å². The molecule has 3 N–H and O–H groups in total. The van der Waals surface area contributed by atoms with Gasteiger partial charge in [-0.1, -0.05) is 13.3 Å². The maximum absolute atomic E-state index is 11.7. The summed E-state index contributed by atoms with van der Waals surface area (Å²) >= 11 is 0. The molecule has 5 nitrogen and oxygen atoms in total. The van der Waals surface area contributed by atoms with Crippen LogP contribution in [0.1, 0.15) is 35.7 Å². The number of benzene rings is 1. The zero-order valence-electron chi connectivity index (χ0n) is 11.4. The lowest BCUT2D eigenvalue weighted by Crippen LogP contribution is -2.29. The molecule has 104 valence electrons. The Labute approximate surface area is 113 Å². The van der Waals surface area contributed by atoms with E-state index in [-0.39, 0.29) is 12.5 Å². The van der Waals surface area contributed by atoms with Crippen molar-refractivity contribution in [3.05, 3.63) is 29.3 Å². The number of aryl methyl sites for hydroxylation is 1. The molecular formula is C14H20N2O3. The number of unbranched alkanes of at least 4 members (excludes halogenated alkanes) is 1. The molecule has 0 radical (unpaired) electrons. The van der Waals surface area contributed by atoms with E-state index in [4.69, 9.17) is 10.5 Å². The van der Waals surface area contributed by atoms with Gasteiger partial charge in [0.1, 0.15) is 0 Å². The fraction of sp³-hybridized carbons (Fsp3) is 0.429. The molecule has 19 heavy (non-hydrogen) atoms. The van der Waals surface area contributed by atoms with Gasteiger partial charge in [0.15, 0.2) is 6.61 Å². The summed E-state index contributed by atoms with van der Waals surface area (Å²) in [7, 11) is 0. The van der Waals surface area contributed by atoms with Gasteiger partial charge in [0.25, 0.3) is 5.91 Å². The van der Waals surface area contributed by atoms with Crippen LogP contribution in [0.3, 0.4) is 0 Å². The third-order valence-electron chi connectivity index (χ3n) is 2.52. The molecule has 0 aliphatic heterocycles. The smallest absolute Gasteiger partial charge is 0.338 e. The second kappa shape index (κ2) is 7.41. The van der Waals surface area contributed by atoms with Gasteiger partial charge in [0.2, 0.25) is 0 Å². The summed E-state index contributed by atoms with van der Waals surface area (Å²) in [4.78, 5) is 23.1. The predicted octanol–water partition coefficient (Wildman–Crippen LogP) is 1.65. The van der Waals surface area contributed by atoms with Crippen LogP contribution in [0.2, 0.25) is 0 Å². The highest BCUT2D eigenvalue weighted by molar-refractivity contribution is 5.92. The molecule has 1 amide bonds. The Balaban J connectivity index is 2.44. The molecule has 0 aliphatic carbocycles. The van der Waals surface area contributed by atoms with Crippen molar-refractivity contribution in [1.29, 1.82) is 0 Å². The van der Waals surface area contributed by atoms with Gasteiger partial charge in [-0.25, -0.2) is 4.79 Å². The number of amides is 1. The minimum atomic E-state index is -0.541. The van der Waals surface area contributed by atoms with E-state index in [1.54, 1.807) is 12.1 Å². The van der Waals surface area contributed by atoms with Crippen molar-refractivity contribution < 1.29 is 14.3 Å². The SMILES string of the molecule is CCCCNC(=O)COC(=O)c1cc(C)cc(N)c1. The number of rotatable bonds is 6. The summed E-state index contributed by atoms with van der Waals surface area (Å²) < 4.78 is 4.92. The van der Waals surface area contributed by atoms with Gasteiger partial charge >= 0.3 is 5.97 Å². The van der Waals surface area contributed by atoms with E-state index in [2.05, 4.69) is 5.32 Å². The molecule has 1 aromatic rings. The molecule has 0 heterocycles. The minimum Gasteiger partial charge on any atom is -0.452 e. The molecule has 0 aliphatic rings. The fourth-order valence-electron chi connectivity index (χ4n) is 1.60. The number of nitrogens with two attached hydrogens (primary N) is 1. The highest BCUT2D eigenvalue weighted by Gasteiger charge is 2.10. The highest BCUT2D eigenvalue weighted by atomic mass is 16.5. The maximum Gasteiger partial charge on any atom is 0.338 e. The Morgan fingerprint density at radius 1 is 1.32 bits per heavy atom. The summed E-state index contributed by atoms with van der Waals surface area (Å²) in [5, 5.41) is 2.67. The first kappa shape index (κ1) is 15.0. The molecule has 1 rings (SSSR count). The first-order valence-electron chi connectivity index (χ1n) is 6.34. The third-order valence-corrected chi connectivity index (χ3v) is 2.52. The Hall–Kier alpha value is -2.04. The van der Waals surface area contributed by atoms with E-state index in [0.29, 0.717) is 17.8 Å². The van der Waals surface area contributed by atoms with Crippen molar-refractivity contribution in [2.24, 2.45) is 0 Å². The first-order chi connectivity index (χ1) is 9.02. The van der Waals surface area contributed by atoms with E-state index in [1.807, 2.05) is 13.8 Å². The topological polar surface area (TPSA) is 81.4 Å². The Morgan fingerprint density at radius 2 is 2.05 bits per heavy atom. The second-order valence-corrected chi connectivity index (χ2v) is 4.41. The summed E-state index contributed by atoms with van der Waals surface area (Å²) in [6.45, 7) is 4.21. The van der Waals surface area contributed by atoms with E-state index in [9.17, 15) is 9.59 Å². The van der Waals surface area contributed by atoms with Gasteiger partial charge in [-0.15, -0.1) is 0 Å². The molecule has 5 heteroatoms. The summed E-state index contributed by atoms with van der Waals surface area (Å²) in [5.41, 5.74) is 7.38. The number of nitrogens with one attached hydrogen (secondary N) is 1. The second-order valence-electron chi connectivity index (χ2n) is 4.41. The van der Waals surface area contributed by atoms with Crippen molar-refractivity contribution in [3.8, 4) is 0 Å². The Bertz CT molecular complexity index is 438. The molecule has 0 bridgehead atoms. The van der Waals surface area contributed by atoms with Crippen LogP contribution in [0.15, 0.2) is 18.2 Å². The summed E-state index contributed by atoms with van der Waals surface area (Å²) in [5.74, 6) is -0.830. The van der Waals surface area contributed by atoms with Gasteiger partial charge in [0, 0.05) is 12.2 Å². The van der Waals surface area contributed by atoms with E-state index in [1.165, 1.54) is 6.07 Å². The molecule has 1 aromatic carbocycles. The normalized spacial score (nSPS) is 10.0. The van der Waals surface area contributed by atoms with Crippen molar-refractivity contribution in [2.75, 3.05) is 18.9 Å². The highest BCUT2D eigenvalue weighted by Crippen LogP contribution is 2.12. The number of anilines is 1. The molecule has 0 fully saturated rings. The number of esters is 1. The van der Waals surface area contributed by atoms with E-state index < -0.39 is 5.97 Å². The van der Waals surface area contributed by atoms with Crippen LogP contribution in [-0.2, 0) is 9.53 Å². The number of carbonyl (C=O) groups is 2. The van der Waals surface area contributed by atoms with Gasteiger partial charge in [-0.05, 0) is 37.1 Å². The van der Waals surface area contributed by atoms with Crippen LogP contribution in [0, 0.1) is 6.92 Å². The lowest BCUT2D eigenvalue weighted by molar-refractivity contribution is -0.124. The largest absolute Gasteiger partial charge is 0.452 e. The monoisotopic (exact) mass is 264 g/mol. The third kappa shape index (κ3) is 5.42. The number of hydrogen-bond acceptors (Lipinski definition) is 4. The lowest BCUT2D eigenvalue weighted by atomic mass is 10.1. The Morgan fingerprint density at radius 3 is 2.68 bits per heavy atom. The first-order valence-corrected chi connectivity index (χ1v) is 6.34. The Kier molecular flexibility index (Phi) is 5.85. The molecule has 0 aromatic heterocycles. The van der Waals surface area contributed by atoms with Crippen molar-refractivity contribution in [2.45, 2.75) is 26.7 Å². The summed E-state index contributed by atoms with van der Waals surface area (Å²) in [6, 6.07) is 4.96. The molecule has 0 saturated heterocycles. The van der Waals surface area contributed by atoms with Gasteiger partial charge in [0.05, 0.1) is 5.56 Å². The quantitative estimate of drug-likeness (QED) is 0.465. The summed E-state index contributed by atoms with van der Waals surface area (Å²) in [6.07, 6.45) is 1.91. The predicted molar refractivity (Wildman–Crippen MR) is 73.8 cm³/mol. The van der Waals surface area contributed by atoms with E-state index >= 15 is 0 Å². The van der Waals surface area contributed by atoms with E-state index in [0.717, 1.165) is 18.4 Å². The average Bonchev–Trinajstić information content (AvgIpc) is 2.35. The van der Waals surface area contributed by atoms with Crippen LogP contribution in [0.4, 0.5) is 5.69 Å². The standard InChI is InChI=1S/C14H20N2O3/c1-3-4-5-16-13(17)9-19-14(18)11-6-10(2)7-12(15)8-11/h6-8H,3-5,9,15H2,1-2H3,(H,16,17). The van der Waals surface area contributed by atoms with Crippen LogP contribution in [-0.4, -0.2) is 25.0 Å². The number of carbonyl (C=O) groups excluding carboxylic acids is 2. The van der Waals surface area contributed by atoms with Gasteiger partial charge < -0.3 is 15.8 Å². The molecule has 0 unspecified atom stereocenters. The average molecular weight is 264 g/mol. The molecule has 0 saturated carbocycles. The maximum atomic E-state index is 11.7. The number of ether oxygens (including phenoxy) is 1. The van der Waals surface area contributed by atoms with Crippen molar-refractivity contribution in [1.82, 2.24) is 5.32 Å². The van der Waals surface area contributed by atoms with Gasteiger partial charge in [-0.2, -0.15) is 0 Å². The fourth-order valence-corrected chi connectivity index (χ4v) is 1.60. The zero-order chi connectivity index (χ0) is 14.3. The van der Waals surface area contributed by atoms with Crippen LogP contribution >= 0.6 is 0 Å². The van der Waals surface area contributed by atoms with Crippen LogP contribution in [0.5, 0.6) is 0 Å².